The molecule has 3 rings (SSSR count). The minimum absolute atomic E-state index is 0.174. The number of carbonyl (C=O) groups is 1. The molecule has 0 atom stereocenters. The van der Waals surface area contributed by atoms with Crippen LogP contribution in [0.3, 0.4) is 0 Å². The van der Waals surface area contributed by atoms with E-state index in [4.69, 9.17) is 5.26 Å². The number of rotatable bonds is 3. The molecule has 0 radical (unpaired) electrons. The van der Waals surface area contributed by atoms with Gasteiger partial charge in [-0.2, -0.15) is 5.26 Å². The number of amides is 1. The second kappa shape index (κ2) is 7.50. The lowest BCUT2D eigenvalue weighted by Crippen LogP contribution is -2.49. The zero-order valence-electron chi connectivity index (χ0n) is 13.3. The predicted molar refractivity (Wildman–Crippen MR) is 97.8 cm³/mol. The Morgan fingerprint density at radius 2 is 1.79 bits per heavy atom. The molecule has 122 valence electrons. The molecule has 1 fully saturated rings. The Balaban J connectivity index is 1.56. The Hall–Kier alpha value is -2.32. The largest absolute Gasteiger partial charge is 0.368 e. The van der Waals surface area contributed by atoms with Crippen molar-refractivity contribution in [3.05, 3.63) is 64.1 Å². The van der Waals surface area contributed by atoms with Crippen molar-refractivity contribution in [3.8, 4) is 6.07 Å². The number of halogens is 1. The molecule has 24 heavy (non-hydrogen) atoms. The number of benzene rings is 2. The van der Waals surface area contributed by atoms with Gasteiger partial charge >= 0.3 is 0 Å². The Bertz CT molecular complexity index is 759. The summed E-state index contributed by atoms with van der Waals surface area (Å²) >= 11 is 3.44. The first kappa shape index (κ1) is 16.5. The lowest BCUT2D eigenvalue weighted by Gasteiger charge is -2.36. The number of hydrogen-bond donors (Lipinski definition) is 0. The van der Waals surface area contributed by atoms with E-state index in [0.29, 0.717) is 12.0 Å². The van der Waals surface area contributed by atoms with Crippen LogP contribution in [-0.2, 0) is 11.2 Å². The van der Waals surface area contributed by atoms with Crippen LogP contribution in [0.2, 0.25) is 0 Å². The molecule has 0 aliphatic carbocycles. The Labute approximate surface area is 150 Å². The summed E-state index contributed by atoms with van der Waals surface area (Å²) in [4.78, 5) is 16.6. The van der Waals surface area contributed by atoms with E-state index in [2.05, 4.69) is 26.9 Å². The van der Waals surface area contributed by atoms with Crippen molar-refractivity contribution in [1.82, 2.24) is 4.90 Å². The minimum atomic E-state index is 0.174. The summed E-state index contributed by atoms with van der Waals surface area (Å²) in [5, 5.41) is 8.86. The van der Waals surface area contributed by atoms with Crippen molar-refractivity contribution in [1.29, 1.82) is 5.26 Å². The summed E-state index contributed by atoms with van der Waals surface area (Å²) in [7, 11) is 0. The standard InChI is InChI=1S/C19H18BrN3O/c20-17-3-1-2-16(12-17)13-19(24)23-10-8-22(9-11-23)18-6-4-15(14-21)5-7-18/h1-7,12H,8-11,13H2. The third kappa shape index (κ3) is 3.95. The molecule has 0 unspecified atom stereocenters. The van der Waals surface area contributed by atoms with Crippen LogP contribution in [0.25, 0.3) is 0 Å². The van der Waals surface area contributed by atoms with Gasteiger partial charge in [0.2, 0.25) is 5.91 Å². The summed E-state index contributed by atoms with van der Waals surface area (Å²) in [6.07, 6.45) is 0.441. The molecule has 4 nitrogen and oxygen atoms in total. The van der Waals surface area contributed by atoms with Gasteiger partial charge in [-0.25, -0.2) is 0 Å². The van der Waals surface area contributed by atoms with Crippen LogP contribution in [0, 0.1) is 11.3 Å². The van der Waals surface area contributed by atoms with Crippen LogP contribution in [0.4, 0.5) is 5.69 Å². The number of piperazine rings is 1. The molecule has 1 amide bonds. The fourth-order valence-electron chi connectivity index (χ4n) is 2.89. The molecule has 2 aromatic carbocycles. The predicted octanol–water partition coefficient (Wildman–Crippen LogP) is 3.21. The molecular formula is C19H18BrN3O. The molecule has 1 aliphatic rings. The van der Waals surface area contributed by atoms with Gasteiger partial charge in [0.15, 0.2) is 0 Å². The average molecular weight is 384 g/mol. The topological polar surface area (TPSA) is 47.3 Å². The summed E-state index contributed by atoms with van der Waals surface area (Å²) in [6.45, 7) is 3.09. The lowest BCUT2D eigenvalue weighted by molar-refractivity contribution is -0.130. The fourth-order valence-corrected chi connectivity index (χ4v) is 3.34. The van der Waals surface area contributed by atoms with Gasteiger partial charge in [0.1, 0.15) is 0 Å². The molecule has 0 saturated carbocycles. The monoisotopic (exact) mass is 383 g/mol. The first-order chi connectivity index (χ1) is 11.7. The Morgan fingerprint density at radius 1 is 1.08 bits per heavy atom. The number of nitrogens with zero attached hydrogens (tertiary/aromatic N) is 3. The summed E-state index contributed by atoms with van der Waals surface area (Å²) in [6, 6.07) is 17.6. The zero-order valence-corrected chi connectivity index (χ0v) is 14.9. The molecule has 1 aliphatic heterocycles. The summed E-state index contributed by atoms with van der Waals surface area (Å²) in [5.74, 6) is 0.174. The van der Waals surface area contributed by atoms with Crippen LogP contribution in [0.15, 0.2) is 53.0 Å². The highest BCUT2D eigenvalue weighted by atomic mass is 79.9. The molecule has 1 saturated heterocycles. The second-order valence-corrected chi connectivity index (χ2v) is 6.75. The summed E-state index contributed by atoms with van der Waals surface area (Å²) in [5.41, 5.74) is 2.80. The SMILES string of the molecule is N#Cc1ccc(N2CCN(C(=O)Cc3cccc(Br)c3)CC2)cc1. The van der Waals surface area contributed by atoms with Gasteiger partial charge in [0, 0.05) is 36.3 Å². The number of nitriles is 1. The molecule has 0 aromatic heterocycles. The van der Waals surface area contributed by atoms with Crippen LogP contribution in [0.5, 0.6) is 0 Å². The second-order valence-electron chi connectivity index (χ2n) is 5.83. The number of carbonyl (C=O) groups excluding carboxylic acids is 1. The van der Waals surface area contributed by atoms with E-state index in [1.807, 2.05) is 53.4 Å². The Kier molecular flexibility index (Phi) is 5.17. The molecule has 1 heterocycles. The molecule has 5 heteroatoms. The highest BCUT2D eigenvalue weighted by molar-refractivity contribution is 9.10. The van der Waals surface area contributed by atoms with Crippen LogP contribution >= 0.6 is 15.9 Å². The van der Waals surface area contributed by atoms with Crippen LogP contribution < -0.4 is 4.90 Å². The Morgan fingerprint density at radius 3 is 2.42 bits per heavy atom. The van der Waals surface area contributed by atoms with E-state index in [-0.39, 0.29) is 5.91 Å². The number of hydrogen-bond acceptors (Lipinski definition) is 3. The third-order valence-corrected chi connectivity index (χ3v) is 4.73. The highest BCUT2D eigenvalue weighted by Crippen LogP contribution is 2.18. The maximum absolute atomic E-state index is 12.5. The normalized spacial score (nSPS) is 14.3. The van der Waals surface area contributed by atoms with Crippen molar-refractivity contribution in [3.63, 3.8) is 0 Å². The van der Waals surface area contributed by atoms with E-state index in [9.17, 15) is 4.79 Å². The molecule has 0 bridgehead atoms. The van der Waals surface area contributed by atoms with Crippen molar-refractivity contribution in [2.24, 2.45) is 0 Å². The van der Waals surface area contributed by atoms with Crippen molar-refractivity contribution in [2.75, 3.05) is 31.1 Å². The third-order valence-electron chi connectivity index (χ3n) is 4.24. The quantitative estimate of drug-likeness (QED) is 0.817. The van der Waals surface area contributed by atoms with Gasteiger partial charge in [-0.1, -0.05) is 28.1 Å². The van der Waals surface area contributed by atoms with E-state index in [0.717, 1.165) is 41.9 Å². The zero-order chi connectivity index (χ0) is 16.9. The summed E-state index contributed by atoms with van der Waals surface area (Å²) < 4.78 is 0.999. The van der Waals surface area contributed by atoms with E-state index < -0.39 is 0 Å². The number of anilines is 1. The lowest BCUT2D eigenvalue weighted by atomic mass is 10.1. The maximum atomic E-state index is 12.5. The maximum Gasteiger partial charge on any atom is 0.227 e. The van der Waals surface area contributed by atoms with Crippen molar-refractivity contribution >= 4 is 27.5 Å². The van der Waals surface area contributed by atoms with Gasteiger partial charge < -0.3 is 9.80 Å². The van der Waals surface area contributed by atoms with E-state index >= 15 is 0 Å². The van der Waals surface area contributed by atoms with Gasteiger partial charge in [-0.05, 0) is 42.0 Å². The van der Waals surface area contributed by atoms with Gasteiger partial charge in [-0.15, -0.1) is 0 Å². The molecule has 0 spiro atoms. The van der Waals surface area contributed by atoms with Crippen molar-refractivity contribution in [2.45, 2.75) is 6.42 Å². The smallest absolute Gasteiger partial charge is 0.227 e. The first-order valence-corrected chi connectivity index (χ1v) is 8.72. The average Bonchev–Trinajstić information content (AvgIpc) is 2.62. The van der Waals surface area contributed by atoms with Gasteiger partial charge in [0.25, 0.3) is 0 Å². The van der Waals surface area contributed by atoms with Crippen LogP contribution in [0.1, 0.15) is 11.1 Å². The first-order valence-electron chi connectivity index (χ1n) is 7.93. The van der Waals surface area contributed by atoms with Crippen molar-refractivity contribution < 1.29 is 4.79 Å². The highest BCUT2D eigenvalue weighted by Gasteiger charge is 2.21. The molecule has 2 aromatic rings. The molecular weight excluding hydrogens is 366 g/mol. The van der Waals surface area contributed by atoms with Crippen LogP contribution in [-0.4, -0.2) is 37.0 Å². The molecule has 0 N–H and O–H groups in total. The van der Waals surface area contributed by atoms with E-state index in [1.54, 1.807) is 0 Å². The minimum Gasteiger partial charge on any atom is -0.368 e. The van der Waals surface area contributed by atoms with Gasteiger partial charge in [0.05, 0.1) is 18.1 Å². The van der Waals surface area contributed by atoms with E-state index in [1.165, 1.54) is 0 Å². The van der Waals surface area contributed by atoms with Gasteiger partial charge in [-0.3, -0.25) is 4.79 Å². The fraction of sp³-hybridized carbons (Fsp3) is 0.263.